The Kier molecular flexibility index (Phi) is 3.81. The monoisotopic (exact) mass is 267 g/mol. The van der Waals surface area contributed by atoms with Crippen molar-refractivity contribution in [1.82, 2.24) is 9.97 Å². The molecule has 18 heavy (non-hydrogen) atoms. The maximum Gasteiger partial charge on any atom is 0.137 e. The Balaban J connectivity index is 2.12. The maximum absolute atomic E-state index is 6.13. The highest BCUT2D eigenvalue weighted by Gasteiger charge is 2.45. The molecule has 1 aromatic heterocycles. The van der Waals surface area contributed by atoms with E-state index in [2.05, 4.69) is 29.1 Å². The summed E-state index contributed by atoms with van der Waals surface area (Å²) < 4.78 is 0. The van der Waals surface area contributed by atoms with Crippen LogP contribution in [0.5, 0.6) is 0 Å². The fourth-order valence-corrected chi connectivity index (χ4v) is 2.43. The van der Waals surface area contributed by atoms with Gasteiger partial charge in [0.25, 0.3) is 0 Å². The lowest BCUT2D eigenvalue weighted by molar-refractivity contribution is 0.379. The number of rotatable bonds is 5. The van der Waals surface area contributed by atoms with E-state index in [0.717, 1.165) is 30.2 Å². The first-order valence-corrected chi connectivity index (χ1v) is 7.13. The molecule has 1 saturated carbocycles. The highest BCUT2D eigenvalue weighted by Crippen LogP contribution is 2.51. The first-order chi connectivity index (χ1) is 8.48. The molecular weight excluding hydrogens is 246 g/mol. The first-order valence-electron chi connectivity index (χ1n) is 6.75. The molecule has 3 nitrogen and oxygen atoms in total. The number of halogens is 1. The lowest BCUT2D eigenvalue weighted by Crippen LogP contribution is -2.22. The highest BCUT2D eigenvalue weighted by molar-refractivity contribution is 6.30. The minimum absolute atomic E-state index is 0.468. The topological polar surface area (TPSA) is 37.8 Å². The van der Waals surface area contributed by atoms with Crippen LogP contribution >= 0.6 is 11.6 Å². The molecule has 1 N–H and O–H groups in total. The van der Waals surface area contributed by atoms with Gasteiger partial charge in [0.05, 0.1) is 0 Å². The summed E-state index contributed by atoms with van der Waals surface area (Å²) in [6.45, 7) is 9.60. The number of anilines is 1. The zero-order valence-electron chi connectivity index (χ0n) is 11.7. The zero-order valence-corrected chi connectivity index (χ0v) is 12.4. The Morgan fingerprint density at radius 3 is 2.50 bits per heavy atom. The minimum atomic E-state index is 0.468. The van der Waals surface area contributed by atoms with Gasteiger partial charge in [-0.05, 0) is 31.1 Å². The van der Waals surface area contributed by atoms with Crippen LogP contribution in [0.25, 0.3) is 0 Å². The van der Waals surface area contributed by atoms with E-state index in [1.165, 1.54) is 12.8 Å². The molecule has 0 atom stereocenters. The van der Waals surface area contributed by atoms with E-state index in [4.69, 9.17) is 11.6 Å². The number of nitrogens with zero attached hydrogens (tertiary/aromatic N) is 2. The van der Waals surface area contributed by atoms with Gasteiger partial charge in [-0.3, -0.25) is 0 Å². The van der Waals surface area contributed by atoms with Gasteiger partial charge in [0.2, 0.25) is 0 Å². The molecule has 1 aromatic rings. The molecule has 1 heterocycles. The van der Waals surface area contributed by atoms with E-state index < -0.39 is 0 Å². The molecule has 1 aliphatic carbocycles. The van der Waals surface area contributed by atoms with Crippen LogP contribution < -0.4 is 5.32 Å². The fourth-order valence-electron chi connectivity index (χ4n) is 2.24. The van der Waals surface area contributed by atoms with Gasteiger partial charge in [-0.2, -0.15) is 0 Å². The lowest BCUT2D eigenvalue weighted by Gasteiger charge is -2.21. The van der Waals surface area contributed by atoms with Crippen LogP contribution in [0.2, 0.25) is 5.15 Å². The Morgan fingerprint density at radius 1 is 1.33 bits per heavy atom. The molecule has 0 saturated heterocycles. The Hall–Kier alpha value is -0.830. The normalized spacial score (nSPS) is 17.0. The molecular formula is C14H22ClN3. The molecule has 0 bridgehead atoms. The molecule has 1 aliphatic rings. The van der Waals surface area contributed by atoms with Crippen molar-refractivity contribution in [3.8, 4) is 0 Å². The average molecular weight is 268 g/mol. The second-order valence-electron chi connectivity index (χ2n) is 5.63. The van der Waals surface area contributed by atoms with Crippen molar-refractivity contribution in [2.45, 2.75) is 47.0 Å². The van der Waals surface area contributed by atoms with Gasteiger partial charge in [-0.15, -0.1) is 0 Å². The van der Waals surface area contributed by atoms with Crippen molar-refractivity contribution in [3.63, 3.8) is 0 Å². The van der Waals surface area contributed by atoms with Crippen molar-refractivity contribution < 1.29 is 0 Å². The summed E-state index contributed by atoms with van der Waals surface area (Å²) in [5, 5.41) is 4.05. The molecule has 0 unspecified atom stereocenters. The van der Waals surface area contributed by atoms with Crippen LogP contribution in [0.4, 0.5) is 5.82 Å². The first kappa shape index (κ1) is 13.6. The Labute approximate surface area is 114 Å². The zero-order chi connectivity index (χ0) is 13.3. The van der Waals surface area contributed by atoms with Gasteiger partial charge in [0, 0.05) is 18.5 Å². The van der Waals surface area contributed by atoms with E-state index in [9.17, 15) is 0 Å². The van der Waals surface area contributed by atoms with Gasteiger partial charge in [-0.25, -0.2) is 9.97 Å². The van der Waals surface area contributed by atoms with Crippen LogP contribution in [0, 0.1) is 18.3 Å². The Bertz CT molecular complexity index is 439. The van der Waals surface area contributed by atoms with Gasteiger partial charge < -0.3 is 5.32 Å². The van der Waals surface area contributed by atoms with Gasteiger partial charge in [0.1, 0.15) is 16.8 Å². The average Bonchev–Trinajstić information content (AvgIpc) is 3.12. The summed E-state index contributed by atoms with van der Waals surface area (Å²) >= 11 is 6.13. The summed E-state index contributed by atoms with van der Waals surface area (Å²) in [4.78, 5) is 8.80. The smallest absolute Gasteiger partial charge is 0.137 e. The third kappa shape index (κ3) is 2.61. The second kappa shape index (κ2) is 5.04. The molecule has 0 spiro atoms. The second-order valence-corrected chi connectivity index (χ2v) is 5.99. The molecule has 0 amide bonds. The van der Waals surface area contributed by atoms with E-state index in [1.54, 1.807) is 0 Å². The number of hydrogen-bond acceptors (Lipinski definition) is 3. The Morgan fingerprint density at radius 2 is 2.00 bits per heavy atom. The number of hydrogen-bond donors (Lipinski definition) is 1. The quantitative estimate of drug-likeness (QED) is 0.824. The predicted molar refractivity (Wildman–Crippen MR) is 76.2 cm³/mol. The van der Waals surface area contributed by atoms with Crippen LogP contribution in [0.1, 0.15) is 45.0 Å². The third-order valence-electron chi connectivity index (χ3n) is 4.17. The van der Waals surface area contributed by atoms with E-state index in [-0.39, 0.29) is 0 Å². The lowest BCUT2D eigenvalue weighted by atomic mass is 9.92. The number of aryl methyl sites for hydroxylation is 1. The molecule has 0 aromatic carbocycles. The van der Waals surface area contributed by atoms with Crippen LogP contribution in [0.3, 0.4) is 0 Å². The minimum Gasteiger partial charge on any atom is -0.369 e. The van der Waals surface area contributed by atoms with Crippen LogP contribution in [-0.4, -0.2) is 16.5 Å². The molecule has 1 fully saturated rings. The summed E-state index contributed by atoms with van der Waals surface area (Å²) in [6.07, 6.45) is 3.44. The number of aromatic nitrogens is 2. The summed E-state index contributed by atoms with van der Waals surface area (Å²) in [6, 6.07) is 0. The summed E-state index contributed by atoms with van der Waals surface area (Å²) in [5.74, 6) is 2.43. The summed E-state index contributed by atoms with van der Waals surface area (Å²) in [5.41, 5.74) is 1.42. The third-order valence-corrected chi connectivity index (χ3v) is 4.54. The molecule has 0 aliphatic heterocycles. The predicted octanol–water partition coefficient (Wildman–Crippen LogP) is 3.85. The van der Waals surface area contributed by atoms with Crippen molar-refractivity contribution in [2.24, 2.45) is 11.3 Å². The van der Waals surface area contributed by atoms with E-state index in [0.29, 0.717) is 16.5 Å². The molecule has 2 rings (SSSR count). The van der Waals surface area contributed by atoms with Gasteiger partial charge in [-0.1, -0.05) is 32.4 Å². The van der Waals surface area contributed by atoms with Crippen molar-refractivity contribution in [2.75, 3.05) is 11.9 Å². The number of nitrogens with one attached hydrogen (secondary N) is 1. The maximum atomic E-state index is 6.13. The standard InChI is InChI=1S/C14H22ClN3/c1-5-11-17-12(15)10(4)13(18-11)16-8-14(6-7-14)9(2)3/h9H,5-8H2,1-4H3,(H,16,17,18). The van der Waals surface area contributed by atoms with Gasteiger partial charge in [0.15, 0.2) is 0 Å². The fraction of sp³-hybridized carbons (Fsp3) is 0.714. The van der Waals surface area contributed by atoms with Crippen molar-refractivity contribution >= 4 is 17.4 Å². The van der Waals surface area contributed by atoms with Crippen molar-refractivity contribution in [1.29, 1.82) is 0 Å². The van der Waals surface area contributed by atoms with E-state index in [1.807, 2.05) is 13.8 Å². The van der Waals surface area contributed by atoms with Crippen LogP contribution in [0.15, 0.2) is 0 Å². The van der Waals surface area contributed by atoms with Crippen LogP contribution in [-0.2, 0) is 6.42 Å². The molecule has 4 heteroatoms. The van der Waals surface area contributed by atoms with Gasteiger partial charge >= 0.3 is 0 Å². The molecule has 100 valence electrons. The summed E-state index contributed by atoms with van der Waals surface area (Å²) in [7, 11) is 0. The van der Waals surface area contributed by atoms with Crippen molar-refractivity contribution in [3.05, 3.63) is 16.5 Å². The SMILES string of the molecule is CCc1nc(Cl)c(C)c(NCC2(C(C)C)CC2)n1. The largest absolute Gasteiger partial charge is 0.369 e. The van der Waals surface area contributed by atoms with E-state index >= 15 is 0 Å². The molecule has 0 radical (unpaired) electrons. The highest BCUT2D eigenvalue weighted by atomic mass is 35.5.